The molecule has 0 saturated heterocycles. The van der Waals surface area contributed by atoms with Gasteiger partial charge >= 0.3 is 6.09 Å². The maximum Gasteiger partial charge on any atom is 0.411 e. The van der Waals surface area contributed by atoms with Crippen molar-refractivity contribution < 1.29 is 14.3 Å². The molecule has 92 valence electrons. The first-order chi connectivity index (χ1) is 8.15. The number of carbonyl (C=O) groups is 2. The van der Waals surface area contributed by atoms with E-state index in [0.29, 0.717) is 18.7 Å². The van der Waals surface area contributed by atoms with Crippen LogP contribution in [-0.2, 0) is 16.0 Å². The fraction of sp³-hybridized carbons (Fsp3) is 0.333. The van der Waals surface area contributed by atoms with Gasteiger partial charge in [-0.05, 0) is 24.6 Å². The average Bonchev–Trinajstić information content (AvgIpc) is 2.32. The lowest BCUT2D eigenvalue weighted by Crippen LogP contribution is -2.19. The van der Waals surface area contributed by atoms with Crippen molar-refractivity contribution in [3.05, 3.63) is 29.8 Å². The van der Waals surface area contributed by atoms with Crippen LogP contribution in [0.15, 0.2) is 24.3 Å². The number of amides is 2. The predicted molar refractivity (Wildman–Crippen MR) is 64.9 cm³/mol. The zero-order chi connectivity index (χ0) is 12.7. The minimum absolute atomic E-state index is 0.0453. The summed E-state index contributed by atoms with van der Waals surface area (Å²) in [7, 11) is 1.60. The van der Waals surface area contributed by atoms with Crippen molar-refractivity contribution in [2.24, 2.45) is 0 Å². The van der Waals surface area contributed by atoms with Gasteiger partial charge in [0.15, 0.2) is 0 Å². The Morgan fingerprint density at radius 1 is 1.24 bits per heavy atom. The smallest absolute Gasteiger partial charge is 0.411 e. The lowest BCUT2D eigenvalue weighted by atomic mass is 10.1. The highest BCUT2D eigenvalue weighted by atomic mass is 16.5. The highest BCUT2D eigenvalue weighted by molar-refractivity contribution is 5.84. The molecule has 0 aromatic heterocycles. The molecule has 5 nitrogen and oxygen atoms in total. The van der Waals surface area contributed by atoms with Crippen LogP contribution < -0.4 is 10.6 Å². The lowest BCUT2D eigenvalue weighted by molar-refractivity contribution is -0.119. The first-order valence-corrected chi connectivity index (χ1v) is 5.39. The van der Waals surface area contributed by atoms with E-state index in [1.54, 1.807) is 38.2 Å². The number of ether oxygens (including phenoxy) is 1. The highest BCUT2D eigenvalue weighted by Crippen LogP contribution is 2.10. The third-order valence-electron chi connectivity index (χ3n) is 2.12. The molecule has 17 heavy (non-hydrogen) atoms. The van der Waals surface area contributed by atoms with Gasteiger partial charge in [-0.1, -0.05) is 12.1 Å². The summed E-state index contributed by atoms with van der Waals surface area (Å²) in [6, 6.07) is 7.04. The van der Waals surface area contributed by atoms with Crippen LogP contribution in [0.3, 0.4) is 0 Å². The van der Waals surface area contributed by atoms with E-state index in [2.05, 4.69) is 10.6 Å². The topological polar surface area (TPSA) is 67.4 Å². The normalized spacial score (nSPS) is 9.53. The van der Waals surface area contributed by atoms with Gasteiger partial charge in [-0.2, -0.15) is 0 Å². The molecule has 1 rings (SSSR count). The zero-order valence-electron chi connectivity index (χ0n) is 9.95. The molecule has 2 amide bonds. The van der Waals surface area contributed by atoms with Gasteiger partial charge in [-0.15, -0.1) is 0 Å². The quantitative estimate of drug-likeness (QED) is 0.833. The molecule has 1 aromatic carbocycles. The van der Waals surface area contributed by atoms with Crippen LogP contribution in [0, 0.1) is 0 Å². The Hall–Kier alpha value is -2.04. The number of nitrogens with one attached hydrogen (secondary N) is 2. The van der Waals surface area contributed by atoms with Crippen molar-refractivity contribution in [2.75, 3.05) is 19.0 Å². The van der Waals surface area contributed by atoms with Gasteiger partial charge in [0.1, 0.15) is 0 Å². The molecule has 1 aromatic rings. The summed E-state index contributed by atoms with van der Waals surface area (Å²) in [4.78, 5) is 22.3. The molecule has 0 radical (unpaired) electrons. The minimum atomic E-state index is -0.480. The molecule has 0 saturated carbocycles. The summed E-state index contributed by atoms with van der Waals surface area (Å²) in [5.74, 6) is -0.0453. The van der Waals surface area contributed by atoms with Gasteiger partial charge in [-0.25, -0.2) is 4.79 Å². The first kappa shape index (κ1) is 13.0. The lowest BCUT2D eigenvalue weighted by Gasteiger charge is -2.06. The van der Waals surface area contributed by atoms with Crippen LogP contribution in [0.4, 0.5) is 10.5 Å². The Balaban J connectivity index is 2.55. The molecule has 0 aliphatic carbocycles. The van der Waals surface area contributed by atoms with Crippen LogP contribution >= 0.6 is 0 Å². The van der Waals surface area contributed by atoms with Gasteiger partial charge in [-0.3, -0.25) is 10.1 Å². The molecule has 0 heterocycles. The first-order valence-electron chi connectivity index (χ1n) is 5.39. The number of benzene rings is 1. The van der Waals surface area contributed by atoms with E-state index in [4.69, 9.17) is 4.74 Å². The van der Waals surface area contributed by atoms with Crippen molar-refractivity contribution in [2.45, 2.75) is 13.3 Å². The molecule has 2 N–H and O–H groups in total. The van der Waals surface area contributed by atoms with Gasteiger partial charge in [0.2, 0.25) is 5.91 Å². The van der Waals surface area contributed by atoms with E-state index in [1.165, 1.54) is 0 Å². The number of hydrogen-bond acceptors (Lipinski definition) is 3. The molecule has 0 aliphatic rings. The Kier molecular flexibility index (Phi) is 5.00. The predicted octanol–water partition coefficient (Wildman–Crippen LogP) is 1.54. The Bertz CT molecular complexity index is 387. The molecular formula is C12H16N2O3. The third kappa shape index (κ3) is 4.55. The second kappa shape index (κ2) is 6.52. The van der Waals surface area contributed by atoms with Crippen LogP contribution in [0.1, 0.15) is 12.5 Å². The molecule has 0 spiro atoms. The maximum atomic E-state index is 11.1. The minimum Gasteiger partial charge on any atom is -0.450 e. The number of anilines is 1. The largest absolute Gasteiger partial charge is 0.450 e. The fourth-order valence-corrected chi connectivity index (χ4v) is 1.26. The van der Waals surface area contributed by atoms with E-state index >= 15 is 0 Å². The summed E-state index contributed by atoms with van der Waals surface area (Å²) in [6.07, 6.45) is -0.150. The summed E-state index contributed by atoms with van der Waals surface area (Å²) in [5, 5.41) is 5.12. The summed E-state index contributed by atoms with van der Waals surface area (Å²) in [6.45, 7) is 2.08. The van der Waals surface area contributed by atoms with E-state index in [0.717, 1.165) is 5.56 Å². The van der Waals surface area contributed by atoms with Gasteiger partial charge in [0.05, 0.1) is 13.0 Å². The van der Waals surface area contributed by atoms with Crippen molar-refractivity contribution in [3.63, 3.8) is 0 Å². The highest BCUT2D eigenvalue weighted by Gasteiger charge is 2.03. The summed E-state index contributed by atoms with van der Waals surface area (Å²) >= 11 is 0. The van der Waals surface area contributed by atoms with Crippen molar-refractivity contribution in [3.8, 4) is 0 Å². The Labute approximate surface area is 100 Å². The molecule has 0 atom stereocenters. The average molecular weight is 236 g/mol. The van der Waals surface area contributed by atoms with Crippen LogP contribution in [0.5, 0.6) is 0 Å². The number of hydrogen-bond donors (Lipinski definition) is 2. The fourth-order valence-electron chi connectivity index (χ4n) is 1.26. The van der Waals surface area contributed by atoms with Crippen LogP contribution in [0.2, 0.25) is 0 Å². The number of likely N-dealkylation sites (N-methyl/N-ethyl adjacent to an activating group) is 1. The SMILES string of the molecule is CCOC(=O)Nc1ccc(CC(=O)NC)cc1. The van der Waals surface area contributed by atoms with E-state index < -0.39 is 6.09 Å². The Morgan fingerprint density at radius 3 is 2.41 bits per heavy atom. The van der Waals surface area contributed by atoms with Gasteiger partial charge in [0.25, 0.3) is 0 Å². The number of carbonyl (C=O) groups excluding carboxylic acids is 2. The van der Waals surface area contributed by atoms with E-state index in [-0.39, 0.29) is 5.91 Å². The second-order valence-electron chi connectivity index (χ2n) is 3.39. The Morgan fingerprint density at radius 2 is 1.88 bits per heavy atom. The van der Waals surface area contributed by atoms with E-state index in [1.807, 2.05) is 0 Å². The maximum absolute atomic E-state index is 11.1. The van der Waals surface area contributed by atoms with Crippen molar-refractivity contribution in [1.29, 1.82) is 0 Å². The molecule has 0 bridgehead atoms. The second-order valence-corrected chi connectivity index (χ2v) is 3.39. The molecule has 0 fully saturated rings. The van der Waals surface area contributed by atoms with Gasteiger partial charge in [0, 0.05) is 12.7 Å². The van der Waals surface area contributed by atoms with Gasteiger partial charge < -0.3 is 10.1 Å². The van der Waals surface area contributed by atoms with Crippen molar-refractivity contribution in [1.82, 2.24) is 5.32 Å². The summed E-state index contributed by atoms with van der Waals surface area (Å²) < 4.78 is 4.74. The standard InChI is InChI=1S/C12H16N2O3/c1-3-17-12(16)14-10-6-4-9(5-7-10)8-11(15)13-2/h4-7H,3,8H2,1-2H3,(H,13,15)(H,14,16). The van der Waals surface area contributed by atoms with Crippen LogP contribution in [0.25, 0.3) is 0 Å². The molecule has 0 unspecified atom stereocenters. The summed E-state index contributed by atoms with van der Waals surface area (Å²) in [5.41, 5.74) is 1.53. The number of rotatable bonds is 4. The molecule has 5 heteroatoms. The third-order valence-corrected chi connectivity index (χ3v) is 2.12. The molecule has 0 aliphatic heterocycles. The zero-order valence-corrected chi connectivity index (χ0v) is 9.95. The van der Waals surface area contributed by atoms with Crippen LogP contribution in [-0.4, -0.2) is 25.7 Å². The van der Waals surface area contributed by atoms with E-state index in [9.17, 15) is 9.59 Å². The monoisotopic (exact) mass is 236 g/mol. The van der Waals surface area contributed by atoms with Crippen molar-refractivity contribution >= 4 is 17.7 Å². The molecular weight excluding hydrogens is 220 g/mol.